The molecule has 13 heavy (non-hydrogen) atoms. The number of rotatable bonds is 6. The molecule has 0 saturated heterocycles. The number of halogens is 1. The van der Waals surface area contributed by atoms with Crippen molar-refractivity contribution in [1.82, 2.24) is 0 Å². The Morgan fingerprint density at radius 1 is 1.08 bits per heavy atom. The van der Waals surface area contributed by atoms with Crippen LogP contribution in [0.1, 0.15) is 53.4 Å². The molecule has 1 atom stereocenters. The standard InChI is InChI=1S/C11H24ClP/c1-5-6-7-8-9-13(12)10-11(2,3)4/h5-10H2,1-4H3. The van der Waals surface area contributed by atoms with E-state index in [0.29, 0.717) is 5.41 Å². The average molecular weight is 223 g/mol. The molecule has 2 heteroatoms. The zero-order valence-corrected chi connectivity index (χ0v) is 11.2. The fourth-order valence-corrected chi connectivity index (χ4v) is 4.49. The summed E-state index contributed by atoms with van der Waals surface area (Å²) in [5, 5.41) is 0. The van der Waals surface area contributed by atoms with Crippen LogP contribution in [0.3, 0.4) is 0 Å². The molecule has 80 valence electrons. The first-order valence-electron chi connectivity index (χ1n) is 5.36. The van der Waals surface area contributed by atoms with Gasteiger partial charge in [-0.3, -0.25) is 0 Å². The van der Waals surface area contributed by atoms with Crippen molar-refractivity contribution >= 4 is 18.5 Å². The van der Waals surface area contributed by atoms with Crippen LogP contribution < -0.4 is 0 Å². The summed E-state index contributed by atoms with van der Waals surface area (Å²) in [6.45, 7) is 9.07. The zero-order chi connectivity index (χ0) is 10.3. The Balaban J connectivity index is 3.35. The summed E-state index contributed by atoms with van der Waals surface area (Å²) < 4.78 is 0. The van der Waals surface area contributed by atoms with Crippen molar-refractivity contribution in [2.45, 2.75) is 53.4 Å². The molecule has 1 unspecified atom stereocenters. The highest BCUT2D eigenvalue weighted by atomic mass is 35.7. The third-order valence-corrected chi connectivity index (χ3v) is 4.86. The highest BCUT2D eigenvalue weighted by molar-refractivity contribution is 7.84. The largest absolute Gasteiger partial charge is 0.0964 e. The van der Waals surface area contributed by atoms with Gasteiger partial charge in [0.1, 0.15) is 0 Å². The second kappa shape index (κ2) is 7.07. The molecule has 0 fully saturated rings. The Kier molecular flexibility index (Phi) is 7.46. The van der Waals surface area contributed by atoms with Crippen molar-refractivity contribution in [3.63, 3.8) is 0 Å². The van der Waals surface area contributed by atoms with Crippen LogP contribution >= 0.6 is 18.5 Å². The first kappa shape index (κ1) is 13.7. The Morgan fingerprint density at radius 3 is 2.15 bits per heavy atom. The van der Waals surface area contributed by atoms with Crippen molar-refractivity contribution < 1.29 is 0 Å². The summed E-state index contributed by atoms with van der Waals surface area (Å²) in [7, 11) is -0.213. The monoisotopic (exact) mass is 222 g/mol. The van der Waals surface area contributed by atoms with Gasteiger partial charge in [0.25, 0.3) is 0 Å². The molecule has 0 aliphatic carbocycles. The van der Waals surface area contributed by atoms with Gasteiger partial charge in [-0.2, -0.15) is 0 Å². The van der Waals surface area contributed by atoms with Gasteiger partial charge < -0.3 is 0 Å². The van der Waals surface area contributed by atoms with E-state index in [-0.39, 0.29) is 7.27 Å². The van der Waals surface area contributed by atoms with Crippen molar-refractivity contribution in [2.24, 2.45) is 5.41 Å². The molecule has 0 nitrogen and oxygen atoms in total. The summed E-state index contributed by atoms with van der Waals surface area (Å²) in [4.78, 5) is 0. The Hall–Kier alpha value is 0.720. The minimum Gasteiger partial charge on any atom is -0.0964 e. The van der Waals surface area contributed by atoms with Crippen LogP contribution in [0.4, 0.5) is 0 Å². The molecule has 0 aromatic heterocycles. The van der Waals surface area contributed by atoms with Gasteiger partial charge in [-0.1, -0.05) is 58.2 Å². The summed E-state index contributed by atoms with van der Waals surface area (Å²) >= 11 is 6.31. The van der Waals surface area contributed by atoms with Crippen molar-refractivity contribution in [1.29, 1.82) is 0 Å². The quantitative estimate of drug-likeness (QED) is 0.425. The lowest BCUT2D eigenvalue weighted by Gasteiger charge is -2.21. The molecular formula is C11H24ClP. The molecule has 0 amide bonds. The van der Waals surface area contributed by atoms with Crippen LogP contribution in [0.5, 0.6) is 0 Å². The van der Waals surface area contributed by atoms with Gasteiger partial charge in [-0.15, -0.1) is 0 Å². The van der Waals surface area contributed by atoms with Crippen LogP contribution in [0.15, 0.2) is 0 Å². The average Bonchev–Trinajstić information content (AvgIpc) is 1.94. The minimum absolute atomic E-state index is 0.213. The van der Waals surface area contributed by atoms with Gasteiger partial charge in [0.15, 0.2) is 0 Å². The molecule has 0 saturated carbocycles. The number of hydrogen-bond donors (Lipinski definition) is 0. The molecule has 0 aliphatic rings. The van der Waals surface area contributed by atoms with E-state index in [1.54, 1.807) is 0 Å². The fraction of sp³-hybridized carbons (Fsp3) is 1.00. The summed E-state index contributed by atoms with van der Waals surface area (Å²) in [5.41, 5.74) is 0.415. The Labute approximate surface area is 90.0 Å². The predicted octanol–water partition coefficient (Wildman–Crippen LogP) is 5.25. The second-order valence-corrected chi connectivity index (χ2v) is 8.09. The van der Waals surface area contributed by atoms with E-state index in [9.17, 15) is 0 Å². The van der Waals surface area contributed by atoms with Crippen molar-refractivity contribution in [3.05, 3.63) is 0 Å². The van der Waals surface area contributed by atoms with Gasteiger partial charge in [-0.25, -0.2) is 0 Å². The van der Waals surface area contributed by atoms with Crippen LogP contribution in [0.25, 0.3) is 0 Å². The maximum absolute atomic E-state index is 6.31. The molecule has 0 aliphatic heterocycles. The van der Waals surface area contributed by atoms with Gasteiger partial charge in [0, 0.05) is 0 Å². The molecule has 0 heterocycles. The predicted molar refractivity (Wildman–Crippen MR) is 66.1 cm³/mol. The maximum Gasteiger partial charge on any atom is -0.00921 e. The van der Waals surface area contributed by atoms with Gasteiger partial charge in [-0.05, 0) is 31.4 Å². The number of unbranched alkanes of at least 4 members (excludes halogenated alkanes) is 3. The Morgan fingerprint density at radius 2 is 1.69 bits per heavy atom. The van der Waals surface area contributed by atoms with Crippen molar-refractivity contribution in [2.75, 3.05) is 12.3 Å². The first-order chi connectivity index (χ1) is 5.95. The fourth-order valence-electron chi connectivity index (χ4n) is 1.30. The third kappa shape index (κ3) is 10.6. The van der Waals surface area contributed by atoms with E-state index in [1.165, 1.54) is 38.0 Å². The molecule has 0 radical (unpaired) electrons. The van der Waals surface area contributed by atoms with E-state index in [2.05, 4.69) is 27.7 Å². The first-order valence-corrected chi connectivity index (χ1v) is 7.98. The molecule has 0 aromatic carbocycles. The lowest BCUT2D eigenvalue weighted by atomic mass is 10.0. The minimum atomic E-state index is -0.213. The van der Waals surface area contributed by atoms with Crippen LogP contribution in [0.2, 0.25) is 0 Å². The lowest BCUT2D eigenvalue weighted by Crippen LogP contribution is -2.09. The topological polar surface area (TPSA) is 0 Å². The highest BCUT2D eigenvalue weighted by Gasteiger charge is 2.15. The third-order valence-electron chi connectivity index (χ3n) is 1.90. The van der Waals surface area contributed by atoms with Gasteiger partial charge >= 0.3 is 0 Å². The second-order valence-electron chi connectivity index (χ2n) is 4.97. The maximum atomic E-state index is 6.31. The van der Waals surface area contributed by atoms with Gasteiger partial charge in [0.05, 0.1) is 0 Å². The van der Waals surface area contributed by atoms with E-state index in [0.717, 1.165) is 0 Å². The summed E-state index contributed by atoms with van der Waals surface area (Å²) in [5.74, 6) is 0. The molecule has 0 N–H and O–H groups in total. The van der Waals surface area contributed by atoms with Crippen molar-refractivity contribution in [3.8, 4) is 0 Å². The molecule has 0 spiro atoms. The lowest BCUT2D eigenvalue weighted by molar-refractivity contribution is 0.478. The van der Waals surface area contributed by atoms with E-state index in [1.807, 2.05) is 0 Å². The van der Waals surface area contributed by atoms with E-state index in [4.69, 9.17) is 11.2 Å². The van der Waals surface area contributed by atoms with Gasteiger partial charge in [0.2, 0.25) is 0 Å². The molecular weight excluding hydrogens is 199 g/mol. The summed E-state index contributed by atoms with van der Waals surface area (Å²) in [6, 6.07) is 0. The van der Waals surface area contributed by atoms with E-state index < -0.39 is 0 Å². The molecule has 0 aromatic rings. The van der Waals surface area contributed by atoms with Crippen LogP contribution in [-0.4, -0.2) is 12.3 Å². The molecule has 0 bridgehead atoms. The zero-order valence-electron chi connectivity index (χ0n) is 9.57. The summed E-state index contributed by atoms with van der Waals surface area (Å²) in [6.07, 6.45) is 7.85. The van der Waals surface area contributed by atoms with Crippen LogP contribution in [-0.2, 0) is 0 Å². The normalized spacial score (nSPS) is 14.5. The Bertz CT molecular complexity index is 118. The molecule has 0 rings (SSSR count). The smallest absolute Gasteiger partial charge is 0.00921 e. The van der Waals surface area contributed by atoms with E-state index >= 15 is 0 Å². The SMILES string of the molecule is CCCCCCP(Cl)CC(C)(C)C. The highest BCUT2D eigenvalue weighted by Crippen LogP contribution is 2.46. The van der Waals surface area contributed by atoms with Crippen LogP contribution in [0, 0.1) is 5.41 Å². The number of hydrogen-bond acceptors (Lipinski definition) is 0.